The summed E-state index contributed by atoms with van der Waals surface area (Å²) in [6, 6.07) is 10.2. The van der Waals surface area contributed by atoms with Crippen LogP contribution in [0.5, 0.6) is 5.75 Å². The summed E-state index contributed by atoms with van der Waals surface area (Å²) >= 11 is 0. The molecular weight excluding hydrogens is 511 g/mol. The normalized spacial score (nSPS) is 16.3. The lowest BCUT2D eigenvalue weighted by Crippen LogP contribution is -2.37. The molecule has 0 radical (unpaired) electrons. The number of rotatable bonds is 6. The van der Waals surface area contributed by atoms with Crippen molar-refractivity contribution in [2.24, 2.45) is 0 Å². The minimum Gasteiger partial charge on any atom is -0.406 e. The molecule has 1 fully saturated rings. The Morgan fingerprint density at radius 1 is 1.00 bits per heavy atom. The van der Waals surface area contributed by atoms with Gasteiger partial charge in [-0.1, -0.05) is 17.3 Å². The van der Waals surface area contributed by atoms with E-state index in [1.165, 1.54) is 16.4 Å². The Kier molecular flexibility index (Phi) is 6.64. The number of sulfone groups is 1. The molecule has 1 aliphatic rings. The van der Waals surface area contributed by atoms with E-state index in [0.29, 0.717) is 24.3 Å². The van der Waals surface area contributed by atoms with Gasteiger partial charge in [-0.3, -0.25) is 0 Å². The van der Waals surface area contributed by atoms with Crippen LogP contribution in [0.4, 0.5) is 13.2 Å². The summed E-state index contributed by atoms with van der Waals surface area (Å²) in [5.74, 6) is -0.176. The van der Waals surface area contributed by atoms with Crippen LogP contribution in [0.15, 0.2) is 62.8 Å². The third kappa shape index (κ3) is 5.82. The van der Waals surface area contributed by atoms with Gasteiger partial charge in [-0.15, -0.1) is 13.2 Å². The number of piperidine rings is 1. The monoisotopic (exact) mass is 531 g/mol. The molecule has 1 saturated heterocycles. The molecule has 0 unspecified atom stereocenters. The van der Waals surface area contributed by atoms with Crippen molar-refractivity contribution in [2.45, 2.75) is 34.9 Å². The topological polar surface area (TPSA) is 120 Å². The third-order valence-electron chi connectivity index (χ3n) is 5.46. The molecule has 4 rings (SSSR count). The Balaban J connectivity index is 1.42. The van der Waals surface area contributed by atoms with Crippen molar-refractivity contribution in [1.82, 2.24) is 14.4 Å². The number of sulfonamides is 1. The molecule has 0 amide bonds. The van der Waals surface area contributed by atoms with E-state index < -0.39 is 32.0 Å². The Morgan fingerprint density at radius 2 is 1.66 bits per heavy atom. The largest absolute Gasteiger partial charge is 0.573 e. The van der Waals surface area contributed by atoms with E-state index in [9.17, 15) is 30.0 Å². The van der Waals surface area contributed by atoms with E-state index in [1.54, 1.807) is 12.1 Å². The van der Waals surface area contributed by atoms with Gasteiger partial charge in [-0.25, -0.2) is 16.8 Å². The zero-order chi connectivity index (χ0) is 25.4. The van der Waals surface area contributed by atoms with Crippen LogP contribution >= 0.6 is 0 Å². The predicted molar refractivity (Wildman–Crippen MR) is 117 cm³/mol. The number of halogens is 3. The van der Waals surface area contributed by atoms with Crippen molar-refractivity contribution in [2.75, 3.05) is 19.3 Å². The first kappa shape index (κ1) is 25.1. The van der Waals surface area contributed by atoms with Crippen LogP contribution in [0.2, 0.25) is 0 Å². The molecule has 0 spiro atoms. The number of nitrogens with zero attached hydrogens (tertiary/aromatic N) is 3. The lowest BCUT2D eigenvalue weighted by molar-refractivity contribution is -0.274. The Hall–Kier alpha value is -2.97. The molecule has 3 aromatic rings. The highest BCUT2D eigenvalue weighted by Crippen LogP contribution is 2.32. The molecule has 0 atom stereocenters. The maximum Gasteiger partial charge on any atom is 0.573 e. The van der Waals surface area contributed by atoms with E-state index >= 15 is 0 Å². The summed E-state index contributed by atoms with van der Waals surface area (Å²) in [5, 5.41) is 3.93. The summed E-state index contributed by atoms with van der Waals surface area (Å²) < 4.78 is 96.7. The summed E-state index contributed by atoms with van der Waals surface area (Å²) in [6.45, 7) is 0.296. The van der Waals surface area contributed by atoms with Gasteiger partial charge in [-0.2, -0.15) is 9.29 Å². The molecule has 14 heteroatoms. The van der Waals surface area contributed by atoms with Crippen LogP contribution in [-0.4, -0.2) is 57.0 Å². The van der Waals surface area contributed by atoms with E-state index in [1.807, 2.05) is 0 Å². The molecule has 35 heavy (non-hydrogen) atoms. The summed E-state index contributed by atoms with van der Waals surface area (Å²) in [7, 11) is -7.32. The molecule has 2 heterocycles. The Morgan fingerprint density at radius 3 is 2.26 bits per heavy atom. The minimum atomic E-state index is -4.87. The summed E-state index contributed by atoms with van der Waals surface area (Å²) in [6.07, 6.45) is -2.99. The number of alkyl halides is 3. The van der Waals surface area contributed by atoms with E-state index in [2.05, 4.69) is 14.9 Å². The second kappa shape index (κ2) is 9.24. The maximum absolute atomic E-state index is 12.9. The Labute approximate surface area is 199 Å². The molecule has 188 valence electrons. The lowest BCUT2D eigenvalue weighted by atomic mass is 9.98. The first-order chi connectivity index (χ1) is 16.3. The van der Waals surface area contributed by atoms with Crippen LogP contribution in [0.1, 0.15) is 24.7 Å². The zero-order valence-electron chi connectivity index (χ0n) is 18.3. The Bertz CT molecular complexity index is 1410. The van der Waals surface area contributed by atoms with E-state index in [4.69, 9.17) is 4.52 Å². The highest BCUT2D eigenvalue weighted by atomic mass is 32.2. The van der Waals surface area contributed by atoms with Gasteiger partial charge >= 0.3 is 6.36 Å². The van der Waals surface area contributed by atoms with Crippen molar-refractivity contribution in [3.63, 3.8) is 0 Å². The maximum atomic E-state index is 12.9. The molecule has 2 aromatic carbocycles. The van der Waals surface area contributed by atoms with Gasteiger partial charge in [0.25, 0.3) is 0 Å². The molecule has 1 aromatic heterocycles. The fourth-order valence-electron chi connectivity index (χ4n) is 3.69. The average molecular weight is 532 g/mol. The zero-order valence-corrected chi connectivity index (χ0v) is 19.9. The molecule has 0 N–H and O–H groups in total. The molecule has 0 aliphatic carbocycles. The highest BCUT2D eigenvalue weighted by molar-refractivity contribution is 7.90. The highest BCUT2D eigenvalue weighted by Gasteiger charge is 2.33. The average Bonchev–Trinajstić information content (AvgIpc) is 3.28. The van der Waals surface area contributed by atoms with Gasteiger partial charge in [0.05, 0.1) is 9.79 Å². The first-order valence-electron chi connectivity index (χ1n) is 10.3. The second-order valence-electron chi connectivity index (χ2n) is 7.95. The van der Waals surface area contributed by atoms with Crippen LogP contribution in [-0.2, 0) is 19.9 Å². The van der Waals surface area contributed by atoms with Gasteiger partial charge in [0.15, 0.2) is 9.84 Å². The summed E-state index contributed by atoms with van der Waals surface area (Å²) in [5.41, 5.74) is 0.473. The van der Waals surface area contributed by atoms with Crippen molar-refractivity contribution in [1.29, 1.82) is 0 Å². The smallest absolute Gasteiger partial charge is 0.406 e. The van der Waals surface area contributed by atoms with E-state index in [0.717, 1.165) is 30.5 Å². The molecule has 9 nitrogen and oxygen atoms in total. The number of benzene rings is 2. The number of hydrogen-bond donors (Lipinski definition) is 0. The number of ether oxygens (including phenoxy) is 1. The van der Waals surface area contributed by atoms with Crippen LogP contribution < -0.4 is 4.74 Å². The van der Waals surface area contributed by atoms with Crippen molar-refractivity contribution in [3.05, 3.63) is 54.4 Å². The fraction of sp³-hybridized carbons (Fsp3) is 0.333. The number of aromatic nitrogens is 2. The van der Waals surface area contributed by atoms with Gasteiger partial charge in [-0.05, 0) is 49.2 Å². The van der Waals surface area contributed by atoms with E-state index in [-0.39, 0.29) is 34.6 Å². The lowest BCUT2D eigenvalue weighted by Gasteiger charge is -2.29. The van der Waals surface area contributed by atoms with Gasteiger partial charge in [0, 0.05) is 30.8 Å². The predicted octanol–water partition coefficient (Wildman–Crippen LogP) is 3.61. The molecular formula is C21H20F3N3O6S2. The van der Waals surface area contributed by atoms with Crippen LogP contribution in [0, 0.1) is 0 Å². The third-order valence-corrected chi connectivity index (χ3v) is 8.48. The molecule has 0 bridgehead atoms. The van der Waals surface area contributed by atoms with Gasteiger partial charge in [0.1, 0.15) is 5.75 Å². The molecule has 0 saturated carbocycles. The fourth-order valence-corrected chi connectivity index (χ4v) is 5.83. The quantitative estimate of drug-likeness (QED) is 0.473. The first-order valence-corrected chi connectivity index (χ1v) is 13.7. The second-order valence-corrected chi connectivity index (χ2v) is 11.9. The van der Waals surface area contributed by atoms with Crippen molar-refractivity contribution >= 4 is 19.9 Å². The molecule has 1 aliphatic heterocycles. The van der Waals surface area contributed by atoms with Crippen LogP contribution in [0.25, 0.3) is 11.4 Å². The van der Waals surface area contributed by atoms with Crippen molar-refractivity contribution in [3.8, 4) is 17.1 Å². The van der Waals surface area contributed by atoms with Gasteiger partial charge < -0.3 is 9.26 Å². The SMILES string of the molecule is CS(=O)(=O)c1cccc(-c2noc(C3CCN(S(=O)(=O)c4ccc(OC(F)(F)F)cc4)CC3)n2)c1. The number of hydrogen-bond acceptors (Lipinski definition) is 8. The minimum absolute atomic E-state index is 0.123. The van der Waals surface area contributed by atoms with Crippen LogP contribution in [0.3, 0.4) is 0 Å². The van der Waals surface area contributed by atoms with Crippen molar-refractivity contribution < 1.29 is 39.3 Å². The van der Waals surface area contributed by atoms with Gasteiger partial charge in [0.2, 0.25) is 21.7 Å². The summed E-state index contributed by atoms with van der Waals surface area (Å²) in [4.78, 5) is 4.35. The standard InChI is InChI=1S/C21H20F3N3O6S2/c1-34(28,29)18-4-2-3-15(13-18)19-25-20(33-26-19)14-9-11-27(12-10-14)35(30,31)17-7-5-16(6-8-17)32-21(22,23)24/h2-8,13-14H,9-12H2,1H3.